The van der Waals surface area contributed by atoms with Gasteiger partial charge in [-0.2, -0.15) is 0 Å². The summed E-state index contributed by atoms with van der Waals surface area (Å²) < 4.78 is 6.67. The SMILES string of the molecule is COC(=O)c1c(NC(=O)c2nnn(Cc3ccccc3)c2C)sc2c1CCCC2. The van der Waals surface area contributed by atoms with Gasteiger partial charge in [-0.1, -0.05) is 35.5 Å². The zero-order valence-corrected chi connectivity index (χ0v) is 17.2. The first kappa shape index (κ1) is 19.3. The Morgan fingerprint density at radius 1 is 1.21 bits per heavy atom. The molecule has 0 radical (unpaired) electrons. The van der Waals surface area contributed by atoms with Crippen LogP contribution in [0.1, 0.15) is 55.4 Å². The van der Waals surface area contributed by atoms with E-state index in [2.05, 4.69) is 15.6 Å². The smallest absolute Gasteiger partial charge is 0.341 e. The zero-order chi connectivity index (χ0) is 20.4. The average molecular weight is 410 g/mol. The molecule has 1 aliphatic carbocycles. The minimum atomic E-state index is -0.413. The van der Waals surface area contributed by atoms with Crippen molar-refractivity contribution in [1.29, 1.82) is 0 Å². The monoisotopic (exact) mass is 410 g/mol. The lowest BCUT2D eigenvalue weighted by Gasteiger charge is -2.11. The lowest BCUT2D eigenvalue weighted by molar-refractivity contribution is 0.0601. The number of ether oxygens (including phenoxy) is 1. The van der Waals surface area contributed by atoms with Gasteiger partial charge in [-0.3, -0.25) is 4.79 Å². The fourth-order valence-electron chi connectivity index (χ4n) is 3.61. The van der Waals surface area contributed by atoms with Crippen molar-refractivity contribution in [3.8, 4) is 0 Å². The lowest BCUT2D eigenvalue weighted by atomic mass is 9.95. The number of amides is 1. The van der Waals surface area contributed by atoms with Crippen LogP contribution in [0.15, 0.2) is 30.3 Å². The molecule has 8 heteroatoms. The first-order valence-electron chi connectivity index (χ1n) is 9.56. The summed E-state index contributed by atoms with van der Waals surface area (Å²) in [6, 6.07) is 9.87. The molecule has 0 unspecified atom stereocenters. The molecule has 0 atom stereocenters. The number of thiophene rings is 1. The summed E-state index contributed by atoms with van der Waals surface area (Å²) in [5.41, 5.74) is 3.49. The summed E-state index contributed by atoms with van der Waals surface area (Å²) >= 11 is 1.46. The number of aromatic nitrogens is 3. The number of benzene rings is 1. The van der Waals surface area contributed by atoms with E-state index >= 15 is 0 Å². The number of hydrogen-bond acceptors (Lipinski definition) is 6. The molecule has 0 fully saturated rings. The number of hydrogen-bond donors (Lipinski definition) is 1. The van der Waals surface area contributed by atoms with Gasteiger partial charge in [0.1, 0.15) is 5.00 Å². The van der Waals surface area contributed by atoms with Gasteiger partial charge in [-0.25, -0.2) is 9.48 Å². The number of nitrogens with zero attached hydrogens (tertiary/aromatic N) is 3. The third-order valence-corrected chi connectivity index (χ3v) is 6.37. The normalized spacial score (nSPS) is 13.0. The van der Waals surface area contributed by atoms with Crippen LogP contribution in [-0.4, -0.2) is 34.0 Å². The molecule has 0 bridgehead atoms. The van der Waals surface area contributed by atoms with Crippen LogP contribution in [0.5, 0.6) is 0 Å². The second-order valence-electron chi connectivity index (χ2n) is 7.03. The van der Waals surface area contributed by atoms with Crippen LogP contribution >= 0.6 is 11.3 Å². The van der Waals surface area contributed by atoms with E-state index in [-0.39, 0.29) is 11.6 Å². The molecule has 0 spiro atoms. The standard InChI is InChI=1S/C21H22N4O3S/c1-13-18(23-24-25(13)12-14-8-4-3-5-9-14)19(26)22-20-17(21(27)28-2)15-10-6-7-11-16(15)29-20/h3-5,8-9H,6-7,10-12H2,1-2H3,(H,22,26). The van der Waals surface area contributed by atoms with Crippen molar-refractivity contribution in [1.82, 2.24) is 15.0 Å². The lowest BCUT2D eigenvalue weighted by Crippen LogP contribution is -2.16. The van der Waals surface area contributed by atoms with Crippen LogP contribution in [0.2, 0.25) is 0 Å². The van der Waals surface area contributed by atoms with Crippen molar-refractivity contribution >= 4 is 28.2 Å². The van der Waals surface area contributed by atoms with Crippen LogP contribution in [-0.2, 0) is 24.1 Å². The Kier molecular flexibility index (Phi) is 5.44. The largest absolute Gasteiger partial charge is 0.465 e. The molecule has 1 amide bonds. The molecule has 0 aliphatic heterocycles. The van der Waals surface area contributed by atoms with Crippen LogP contribution in [0.4, 0.5) is 5.00 Å². The van der Waals surface area contributed by atoms with Crippen molar-refractivity contribution in [3.05, 3.63) is 63.3 Å². The predicted octanol–water partition coefficient (Wildman–Crippen LogP) is 3.61. The maximum Gasteiger partial charge on any atom is 0.341 e. The van der Waals surface area contributed by atoms with E-state index in [0.717, 1.165) is 41.7 Å². The summed E-state index contributed by atoms with van der Waals surface area (Å²) in [5.74, 6) is -0.783. The summed E-state index contributed by atoms with van der Waals surface area (Å²) in [6.07, 6.45) is 3.88. The van der Waals surface area contributed by atoms with E-state index in [9.17, 15) is 9.59 Å². The Balaban J connectivity index is 1.59. The van der Waals surface area contributed by atoms with E-state index < -0.39 is 5.97 Å². The highest BCUT2D eigenvalue weighted by atomic mass is 32.1. The molecule has 29 heavy (non-hydrogen) atoms. The average Bonchev–Trinajstić information content (AvgIpc) is 3.28. The van der Waals surface area contributed by atoms with Gasteiger partial charge in [0.25, 0.3) is 5.91 Å². The third kappa shape index (κ3) is 3.80. The Morgan fingerprint density at radius 2 is 1.97 bits per heavy atom. The van der Waals surface area contributed by atoms with Crippen LogP contribution in [0.3, 0.4) is 0 Å². The van der Waals surface area contributed by atoms with Crippen LogP contribution in [0, 0.1) is 6.92 Å². The second-order valence-corrected chi connectivity index (χ2v) is 8.13. The molecule has 150 valence electrons. The molecular weight excluding hydrogens is 388 g/mol. The van der Waals surface area contributed by atoms with Gasteiger partial charge in [-0.05, 0) is 43.7 Å². The maximum atomic E-state index is 12.9. The number of anilines is 1. The molecule has 7 nitrogen and oxygen atoms in total. The molecule has 2 aromatic heterocycles. The topological polar surface area (TPSA) is 86.1 Å². The summed E-state index contributed by atoms with van der Waals surface area (Å²) in [4.78, 5) is 26.4. The quantitative estimate of drug-likeness (QED) is 0.650. The van der Waals surface area contributed by atoms with Crippen molar-refractivity contribution < 1.29 is 14.3 Å². The Morgan fingerprint density at radius 3 is 2.72 bits per heavy atom. The highest BCUT2D eigenvalue weighted by Gasteiger charge is 2.28. The number of aryl methyl sites for hydroxylation is 1. The van der Waals surface area contributed by atoms with Gasteiger partial charge in [0, 0.05) is 4.88 Å². The summed E-state index contributed by atoms with van der Waals surface area (Å²) in [5, 5.41) is 11.6. The molecule has 1 aromatic carbocycles. The van der Waals surface area contributed by atoms with Gasteiger partial charge in [0.2, 0.25) is 0 Å². The Labute approximate surface area is 172 Å². The highest BCUT2D eigenvalue weighted by Crippen LogP contribution is 2.38. The van der Waals surface area contributed by atoms with Crippen molar-refractivity contribution in [2.24, 2.45) is 0 Å². The molecular formula is C21H22N4O3S. The van der Waals surface area contributed by atoms with Crippen LogP contribution < -0.4 is 5.32 Å². The zero-order valence-electron chi connectivity index (χ0n) is 16.4. The maximum absolute atomic E-state index is 12.9. The van der Waals surface area contributed by atoms with Crippen molar-refractivity contribution in [3.63, 3.8) is 0 Å². The molecule has 4 rings (SSSR count). The molecule has 0 saturated carbocycles. The fraction of sp³-hybridized carbons (Fsp3) is 0.333. The third-order valence-electron chi connectivity index (χ3n) is 5.16. The summed E-state index contributed by atoms with van der Waals surface area (Å²) in [6.45, 7) is 2.35. The van der Waals surface area contributed by atoms with E-state index in [1.54, 1.807) is 4.68 Å². The number of fused-ring (bicyclic) bond motifs is 1. The number of methoxy groups -OCH3 is 1. The number of nitrogens with one attached hydrogen (secondary N) is 1. The van der Waals surface area contributed by atoms with E-state index in [1.807, 2.05) is 37.3 Å². The first-order chi connectivity index (χ1) is 14.1. The predicted molar refractivity (Wildman–Crippen MR) is 111 cm³/mol. The van der Waals surface area contributed by atoms with E-state index in [1.165, 1.54) is 18.4 Å². The number of rotatable bonds is 5. The van der Waals surface area contributed by atoms with Gasteiger partial charge >= 0.3 is 5.97 Å². The second kappa shape index (κ2) is 8.16. The minimum Gasteiger partial charge on any atom is -0.465 e. The van der Waals surface area contributed by atoms with Crippen LogP contribution in [0.25, 0.3) is 0 Å². The molecule has 1 N–H and O–H groups in total. The Hall–Kier alpha value is -3.00. The highest BCUT2D eigenvalue weighted by molar-refractivity contribution is 7.17. The number of esters is 1. The Bertz CT molecular complexity index is 1060. The van der Waals surface area contributed by atoms with Gasteiger partial charge < -0.3 is 10.1 Å². The van der Waals surface area contributed by atoms with Gasteiger partial charge in [0.05, 0.1) is 24.9 Å². The van der Waals surface area contributed by atoms with Crippen molar-refractivity contribution in [2.45, 2.75) is 39.2 Å². The van der Waals surface area contributed by atoms with Crippen molar-refractivity contribution in [2.75, 3.05) is 12.4 Å². The minimum absolute atomic E-state index is 0.253. The number of carbonyl (C=O) groups excluding carboxylic acids is 2. The molecule has 1 aliphatic rings. The van der Waals surface area contributed by atoms with Gasteiger partial charge in [0.15, 0.2) is 5.69 Å². The number of carbonyl (C=O) groups is 2. The summed E-state index contributed by atoms with van der Waals surface area (Å²) in [7, 11) is 1.36. The van der Waals surface area contributed by atoms with E-state index in [0.29, 0.717) is 22.8 Å². The van der Waals surface area contributed by atoms with Gasteiger partial charge in [-0.15, -0.1) is 16.4 Å². The molecule has 3 aromatic rings. The fourth-order valence-corrected chi connectivity index (χ4v) is 4.88. The van der Waals surface area contributed by atoms with E-state index in [4.69, 9.17) is 4.74 Å². The molecule has 2 heterocycles. The first-order valence-corrected chi connectivity index (χ1v) is 10.4. The molecule has 0 saturated heterocycles.